The molecule has 0 saturated heterocycles. The molecule has 0 unspecified atom stereocenters. The molecule has 13 heavy (non-hydrogen) atoms. The maximum atomic E-state index is 5.62. The fourth-order valence-electron chi connectivity index (χ4n) is 1.31. The van der Waals surface area contributed by atoms with Crippen LogP contribution in [0.25, 0.3) is 0 Å². The van der Waals surface area contributed by atoms with Gasteiger partial charge in [0.15, 0.2) is 0 Å². The van der Waals surface area contributed by atoms with Crippen LogP contribution in [-0.4, -0.2) is 0 Å². The Labute approximate surface area is 82.2 Å². The normalized spacial score (nSPS) is 9.77. The van der Waals surface area contributed by atoms with Crippen LogP contribution in [0.2, 0.25) is 0 Å². The molecule has 0 spiro atoms. The maximum Gasteiger partial charge on any atom is 0.109 e. The van der Waals surface area contributed by atoms with Gasteiger partial charge in [0.05, 0.1) is 0 Å². The molecule has 1 heterocycles. The van der Waals surface area contributed by atoms with Crippen LogP contribution in [0.3, 0.4) is 0 Å². The lowest BCUT2D eigenvalue weighted by atomic mass is 10.1. The van der Waals surface area contributed by atoms with E-state index in [1.807, 2.05) is 13.8 Å². The van der Waals surface area contributed by atoms with Crippen molar-refractivity contribution in [3.63, 3.8) is 0 Å². The van der Waals surface area contributed by atoms with Gasteiger partial charge in [-0.25, -0.2) is 0 Å². The summed E-state index contributed by atoms with van der Waals surface area (Å²) in [6.07, 6.45) is 0.994. The van der Waals surface area contributed by atoms with E-state index in [1.165, 1.54) is 5.56 Å². The summed E-state index contributed by atoms with van der Waals surface area (Å²) >= 11 is 0. The van der Waals surface area contributed by atoms with E-state index in [0.717, 1.165) is 17.9 Å². The molecular formula is C12H22O. The monoisotopic (exact) mass is 182 g/mol. The summed E-state index contributed by atoms with van der Waals surface area (Å²) in [5.41, 5.74) is 1.29. The first-order valence-corrected chi connectivity index (χ1v) is 5.24. The highest BCUT2D eigenvalue weighted by Gasteiger charge is 2.08. The highest BCUT2D eigenvalue weighted by Crippen LogP contribution is 2.22. The van der Waals surface area contributed by atoms with Crippen molar-refractivity contribution < 1.29 is 4.42 Å². The van der Waals surface area contributed by atoms with Crippen molar-refractivity contribution in [3.8, 4) is 0 Å². The van der Waals surface area contributed by atoms with Crippen LogP contribution < -0.4 is 0 Å². The van der Waals surface area contributed by atoms with Gasteiger partial charge in [0.25, 0.3) is 0 Å². The SMILES string of the molecule is CC.CCc1cc(C)c(C(C)C)o1. The number of rotatable bonds is 2. The van der Waals surface area contributed by atoms with E-state index in [4.69, 9.17) is 4.42 Å². The minimum Gasteiger partial charge on any atom is -0.466 e. The molecule has 1 rings (SSSR count). The summed E-state index contributed by atoms with van der Waals surface area (Å²) in [5.74, 6) is 2.75. The molecule has 0 N–H and O–H groups in total. The Kier molecular flexibility index (Phi) is 5.52. The van der Waals surface area contributed by atoms with E-state index in [1.54, 1.807) is 0 Å². The summed E-state index contributed by atoms with van der Waals surface area (Å²) in [4.78, 5) is 0. The molecule has 0 aliphatic carbocycles. The van der Waals surface area contributed by atoms with Gasteiger partial charge in [0.2, 0.25) is 0 Å². The number of hydrogen-bond acceptors (Lipinski definition) is 1. The molecule has 0 aromatic carbocycles. The number of aryl methyl sites for hydroxylation is 2. The second-order valence-electron chi connectivity index (χ2n) is 3.27. The van der Waals surface area contributed by atoms with Gasteiger partial charge in [-0.3, -0.25) is 0 Å². The average Bonchev–Trinajstić information content (AvgIpc) is 2.50. The summed E-state index contributed by atoms with van der Waals surface area (Å²) in [7, 11) is 0. The lowest BCUT2D eigenvalue weighted by Crippen LogP contribution is -1.85. The van der Waals surface area contributed by atoms with Crippen LogP contribution >= 0.6 is 0 Å². The Balaban J connectivity index is 0.000000671. The maximum absolute atomic E-state index is 5.62. The molecule has 0 saturated carbocycles. The molecule has 1 aromatic heterocycles. The zero-order chi connectivity index (χ0) is 10.4. The van der Waals surface area contributed by atoms with E-state index < -0.39 is 0 Å². The lowest BCUT2D eigenvalue weighted by molar-refractivity contribution is 0.449. The van der Waals surface area contributed by atoms with Crippen molar-refractivity contribution in [2.75, 3.05) is 0 Å². The molecule has 0 aliphatic rings. The van der Waals surface area contributed by atoms with Gasteiger partial charge in [0.1, 0.15) is 11.5 Å². The van der Waals surface area contributed by atoms with Gasteiger partial charge in [0, 0.05) is 12.3 Å². The molecular weight excluding hydrogens is 160 g/mol. The fraction of sp³-hybridized carbons (Fsp3) is 0.667. The van der Waals surface area contributed by atoms with Crippen molar-refractivity contribution in [2.45, 2.75) is 53.9 Å². The Morgan fingerprint density at radius 2 is 1.85 bits per heavy atom. The summed E-state index contributed by atoms with van der Waals surface area (Å²) < 4.78 is 5.62. The van der Waals surface area contributed by atoms with Crippen molar-refractivity contribution in [1.82, 2.24) is 0 Å². The fourth-order valence-corrected chi connectivity index (χ4v) is 1.31. The second kappa shape index (κ2) is 5.85. The van der Waals surface area contributed by atoms with Gasteiger partial charge in [-0.2, -0.15) is 0 Å². The first kappa shape index (κ1) is 12.3. The molecule has 76 valence electrons. The van der Waals surface area contributed by atoms with Crippen molar-refractivity contribution in [2.24, 2.45) is 0 Å². The van der Waals surface area contributed by atoms with Crippen LogP contribution in [-0.2, 0) is 6.42 Å². The smallest absolute Gasteiger partial charge is 0.109 e. The predicted octanol–water partition coefficient (Wildman–Crippen LogP) is 4.30. The lowest BCUT2D eigenvalue weighted by Gasteiger charge is -2.00. The summed E-state index contributed by atoms with van der Waals surface area (Å²) in [5, 5.41) is 0. The van der Waals surface area contributed by atoms with E-state index in [9.17, 15) is 0 Å². The minimum absolute atomic E-state index is 0.510. The van der Waals surface area contributed by atoms with Crippen molar-refractivity contribution in [3.05, 3.63) is 23.2 Å². The number of furan rings is 1. The third-order valence-electron chi connectivity index (χ3n) is 1.88. The van der Waals surface area contributed by atoms with E-state index in [2.05, 4.69) is 33.8 Å². The summed E-state index contributed by atoms with van der Waals surface area (Å²) in [6, 6.07) is 2.13. The van der Waals surface area contributed by atoms with Crippen molar-refractivity contribution in [1.29, 1.82) is 0 Å². The highest BCUT2D eigenvalue weighted by atomic mass is 16.3. The standard InChI is InChI=1S/C10H16O.C2H6/c1-5-9-6-8(4)10(11-9)7(2)3;1-2/h6-7H,5H2,1-4H3;1-2H3. The van der Waals surface area contributed by atoms with E-state index >= 15 is 0 Å². The van der Waals surface area contributed by atoms with Crippen LogP contribution in [0.4, 0.5) is 0 Å². The molecule has 0 bridgehead atoms. The van der Waals surface area contributed by atoms with Gasteiger partial charge >= 0.3 is 0 Å². The zero-order valence-corrected chi connectivity index (χ0v) is 9.77. The van der Waals surface area contributed by atoms with Crippen LogP contribution in [0.5, 0.6) is 0 Å². The van der Waals surface area contributed by atoms with Gasteiger partial charge in [-0.05, 0) is 18.6 Å². The quantitative estimate of drug-likeness (QED) is 0.664. The predicted molar refractivity (Wildman–Crippen MR) is 58.3 cm³/mol. The number of hydrogen-bond donors (Lipinski definition) is 0. The molecule has 0 atom stereocenters. The Hall–Kier alpha value is -0.720. The van der Waals surface area contributed by atoms with Crippen LogP contribution in [0.1, 0.15) is 57.6 Å². The molecule has 1 aromatic rings. The van der Waals surface area contributed by atoms with Crippen LogP contribution in [0, 0.1) is 6.92 Å². The largest absolute Gasteiger partial charge is 0.466 e. The first-order valence-electron chi connectivity index (χ1n) is 5.24. The molecule has 0 amide bonds. The minimum atomic E-state index is 0.510. The van der Waals surface area contributed by atoms with E-state index in [0.29, 0.717) is 5.92 Å². The van der Waals surface area contributed by atoms with Gasteiger partial charge in [-0.1, -0.05) is 34.6 Å². The summed E-state index contributed by atoms with van der Waals surface area (Å²) in [6.45, 7) is 12.5. The third kappa shape index (κ3) is 3.25. The first-order chi connectivity index (χ1) is 6.15. The molecule has 0 fully saturated rings. The Bertz CT molecular complexity index is 233. The molecule has 0 aliphatic heterocycles. The van der Waals surface area contributed by atoms with Crippen molar-refractivity contribution >= 4 is 0 Å². The average molecular weight is 182 g/mol. The third-order valence-corrected chi connectivity index (χ3v) is 1.88. The molecule has 1 nitrogen and oxygen atoms in total. The van der Waals surface area contributed by atoms with Gasteiger partial charge < -0.3 is 4.42 Å². The second-order valence-corrected chi connectivity index (χ2v) is 3.27. The molecule has 0 radical (unpaired) electrons. The topological polar surface area (TPSA) is 13.1 Å². The van der Waals surface area contributed by atoms with Gasteiger partial charge in [-0.15, -0.1) is 0 Å². The Morgan fingerprint density at radius 1 is 1.31 bits per heavy atom. The zero-order valence-electron chi connectivity index (χ0n) is 9.77. The Morgan fingerprint density at radius 3 is 2.08 bits per heavy atom. The van der Waals surface area contributed by atoms with E-state index in [-0.39, 0.29) is 0 Å². The highest BCUT2D eigenvalue weighted by molar-refractivity contribution is 5.22. The van der Waals surface area contributed by atoms with Crippen LogP contribution in [0.15, 0.2) is 10.5 Å². The molecule has 1 heteroatoms.